The zero-order valence-electron chi connectivity index (χ0n) is 13.2. The van der Waals surface area contributed by atoms with Crippen molar-refractivity contribution in [2.75, 3.05) is 59.1 Å². The Kier molecular flexibility index (Phi) is 8.06. The van der Waals surface area contributed by atoms with Crippen molar-refractivity contribution in [1.82, 2.24) is 20.4 Å². The van der Waals surface area contributed by atoms with E-state index in [1.807, 2.05) is 0 Å². The summed E-state index contributed by atoms with van der Waals surface area (Å²) in [6.45, 7) is 13.9. The van der Waals surface area contributed by atoms with Crippen LogP contribution in [0.15, 0.2) is 0 Å². The highest BCUT2D eigenvalue weighted by Gasteiger charge is 2.12. The van der Waals surface area contributed by atoms with Crippen molar-refractivity contribution < 1.29 is 9.53 Å². The number of nitrogens with zero attached hydrogens (tertiary/aromatic N) is 2. The number of rotatable bonds is 4. The van der Waals surface area contributed by atoms with E-state index in [4.69, 9.17) is 4.74 Å². The fraction of sp³-hybridized carbons (Fsp3) is 0.929. The molecule has 0 saturated carbocycles. The van der Waals surface area contributed by atoms with E-state index in [1.165, 1.54) is 0 Å². The van der Waals surface area contributed by atoms with Crippen LogP contribution in [0.5, 0.6) is 0 Å². The van der Waals surface area contributed by atoms with Gasteiger partial charge in [0.25, 0.3) is 0 Å². The van der Waals surface area contributed by atoms with Crippen molar-refractivity contribution in [2.24, 2.45) is 0 Å². The minimum absolute atomic E-state index is 0.0786. The van der Waals surface area contributed by atoms with Crippen LogP contribution in [-0.4, -0.2) is 80.9 Å². The molecule has 0 radical (unpaired) electrons. The first kappa shape index (κ1) is 17.4. The van der Waals surface area contributed by atoms with Gasteiger partial charge in [0.1, 0.15) is 0 Å². The minimum Gasteiger partial charge on any atom is -0.375 e. The van der Waals surface area contributed by atoms with Gasteiger partial charge >= 0.3 is 0 Å². The molecule has 0 unspecified atom stereocenters. The molecule has 1 saturated heterocycles. The maximum Gasteiger partial charge on any atom is 0.209 e. The first-order valence-electron chi connectivity index (χ1n) is 7.48. The smallest absolute Gasteiger partial charge is 0.209 e. The Labute approximate surface area is 122 Å². The molecule has 0 aromatic heterocycles. The molecule has 2 N–H and O–H groups in total. The zero-order valence-corrected chi connectivity index (χ0v) is 13.2. The standard InChI is InChI=1S/C14H30N4O2/c1-14(2,3)20-11-10-17-7-4-15-5-8-18(13-19)9-6-16-12-17/h13,15-16H,4-12H2,1-3H3. The normalized spacial score (nSPS) is 20.4. The van der Waals surface area contributed by atoms with Gasteiger partial charge in [-0.05, 0) is 20.8 Å². The molecule has 1 rings (SSSR count). The number of ether oxygens (including phenoxy) is 1. The average molecular weight is 286 g/mol. The van der Waals surface area contributed by atoms with E-state index in [0.29, 0.717) is 0 Å². The highest BCUT2D eigenvalue weighted by molar-refractivity contribution is 5.46. The Morgan fingerprint density at radius 2 is 1.75 bits per heavy atom. The molecule has 0 atom stereocenters. The Bertz CT molecular complexity index is 268. The zero-order chi connectivity index (χ0) is 14.8. The van der Waals surface area contributed by atoms with Gasteiger partial charge in [0.2, 0.25) is 6.41 Å². The minimum atomic E-state index is -0.0786. The van der Waals surface area contributed by atoms with Crippen LogP contribution in [0.1, 0.15) is 20.8 Å². The summed E-state index contributed by atoms with van der Waals surface area (Å²) in [6, 6.07) is 0. The molecule has 0 bridgehead atoms. The third kappa shape index (κ3) is 8.47. The fourth-order valence-corrected chi connectivity index (χ4v) is 2.01. The van der Waals surface area contributed by atoms with Crippen LogP contribution in [-0.2, 0) is 9.53 Å². The SMILES string of the molecule is CC(C)(C)OCCN1CCNCCN(C=O)CCNC1. The summed E-state index contributed by atoms with van der Waals surface area (Å²) in [5, 5.41) is 6.76. The molecule has 1 aliphatic heterocycles. The molecule has 118 valence electrons. The topological polar surface area (TPSA) is 56.8 Å². The average Bonchev–Trinajstić information content (AvgIpc) is 2.42. The first-order chi connectivity index (χ1) is 9.51. The van der Waals surface area contributed by atoms with E-state index >= 15 is 0 Å². The molecule has 0 spiro atoms. The predicted octanol–water partition coefficient (Wildman–Crippen LogP) is -0.288. The lowest BCUT2D eigenvalue weighted by Gasteiger charge is -2.25. The van der Waals surface area contributed by atoms with Gasteiger partial charge in [-0.1, -0.05) is 0 Å². The van der Waals surface area contributed by atoms with Crippen molar-refractivity contribution in [2.45, 2.75) is 26.4 Å². The lowest BCUT2D eigenvalue weighted by Crippen LogP contribution is -2.41. The lowest BCUT2D eigenvalue weighted by molar-refractivity contribution is -0.118. The molecular formula is C14H30N4O2. The third-order valence-electron chi connectivity index (χ3n) is 3.18. The Morgan fingerprint density at radius 1 is 1.10 bits per heavy atom. The number of carbonyl (C=O) groups excluding carboxylic acids is 1. The van der Waals surface area contributed by atoms with Crippen molar-refractivity contribution in [3.05, 3.63) is 0 Å². The summed E-state index contributed by atoms with van der Waals surface area (Å²) in [6.07, 6.45) is 0.927. The highest BCUT2D eigenvalue weighted by Crippen LogP contribution is 2.06. The summed E-state index contributed by atoms with van der Waals surface area (Å²) in [4.78, 5) is 15.0. The molecule has 0 aliphatic carbocycles. The molecule has 1 amide bonds. The number of amides is 1. The maximum atomic E-state index is 10.9. The second-order valence-corrected chi connectivity index (χ2v) is 6.13. The maximum absolute atomic E-state index is 10.9. The van der Waals surface area contributed by atoms with Gasteiger partial charge in [-0.15, -0.1) is 0 Å². The molecule has 6 heteroatoms. The summed E-state index contributed by atoms with van der Waals surface area (Å²) < 4.78 is 5.77. The predicted molar refractivity (Wildman–Crippen MR) is 80.7 cm³/mol. The van der Waals surface area contributed by atoms with E-state index in [9.17, 15) is 4.79 Å². The quantitative estimate of drug-likeness (QED) is 0.696. The molecule has 0 aromatic rings. The van der Waals surface area contributed by atoms with Gasteiger partial charge in [0, 0.05) is 52.5 Å². The van der Waals surface area contributed by atoms with E-state index in [-0.39, 0.29) is 5.60 Å². The Balaban J connectivity index is 2.30. The van der Waals surface area contributed by atoms with Gasteiger partial charge in [0.05, 0.1) is 12.2 Å². The van der Waals surface area contributed by atoms with Crippen molar-refractivity contribution >= 4 is 6.41 Å². The molecule has 20 heavy (non-hydrogen) atoms. The van der Waals surface area contributed by atoms with E-state index in [0.717, 1.165) is 65.5 Å². The molecule has 1 heterocycles. The molecular weight excluding hydrogens is 256 g/mol. The van der Waals surface area contributed by atoms with Crippen LogP contribution >= 0.6 is 0 Å². The Morgan fingerprint density at radius 3 is 2.40 bits per heavy atom. The third-order valence-corrected chi connectivity index (χ3v) is 3.18. The number of hydrogen-bond acceptors (Lipinski definition) is 5. The summed E-state index contributed by atoms with van der Waals surface area (Å²) in [7, 11) is 0. The van der Waals surface area contributed by atoms with E-state index in [1.54, 1.807) is 4.90 Å². The van der Waals surface area contributed by atoms with Crippen LogP contribution in [0.3, 0.4) is 0 Å². The first-order valence-corrected chi connectivity index (χ1v) is 7.48. The van der Waals surface area contributed by atoms with Gasteiger partial charge in [-0.25, -0.2) is 0 Å². The number of nitrogens with one attached hydrogen (secondary N) is 2. The second kappa shape index (κ2) is 9.28. The fourth-order valence-electron chi connectivity index (χ4n) is 2.01. The van der Waals surface area contributed by atoms with Crippen LogP contribution in [0.4, 0.5) is 0 Å². The van der Waals surface area contributed by atoms with E-state index in [2.05, 4.69) is 36.3 Å². The monoisotopic (exact) mass is 286 g/mol. The van der Waals surface area contributed by atoms with Crippen LogP contribution < -0.4 is 10.6 Å². The van der Waals surface area contributed by atoms with Crippen LogP contribution in [0.25, 0.3) is 0 Å². The van der Waals surface area contributed by atoms with Gasteiger partial charge in [0.15, 0.2) is 0 Å². The van der Waals surface area contributed by atoms with Gasteiger partial charge in [-0.2, -0.15) is 0 Å². The number of carbonyl (C=O) groups is 1. The molecule has 1 fully saturated rings. The summed E-state index contributed by atoms with van der Waals surface area (Å²) in [5.41, 5.74) is -0.0786. The number of hydrogen-bond donors (Lipinski definition) is 2. The molecule has 6 nitrogen and oxygen atoms in total. The summed E-state index contributed by atoms with van der Waals surface area (Å²) >= 11 is 0. The molecule has 1 aliphatic rings. The van der Waals surface area contributed by atoms with Gasteiger partial charge in [-0.3, -0.25) is 9.69 Å². The van der Waals surface area contributed by atoms with Crippen LogP contribution in [0, 0.1) is 0 Å². The highest BCUT2D eigenvalue weighted by atomic mass is 16.5. The van der Waals surface area contributed by atoms with Crippen molar-refractivity contribution in [3.8, 4) is 0 Å². The van der Waals surface area contributed by atoms with Crippen molar-refractivity contribution in [1.29, 1.82) is 0 Å². The Hall–Kier alpha value is -0.690. The molecule has 0 aromatic carbocycles. The largest absolute Gasteiger partial charge is 0.375 e. The van der Waals surface area contributed by atoms with E-state index < -0.39 is 0 Å². The summed E-state index contributed by atoms with van der Waals surface area (Å²) in [5.74, 6) is 0. The lowest BCUT2D eigenvalue weighted by atomic mass is 10.2. The van der Waals surface area contributed by atoms with Crippen LogP contribution in [0.2, 0.25) is 0 Å². The van der Waals surface area contributed by atoms with Crippen molar-refractivity contribution in [3.63, 3.8) is 0 Å². The van der Waals surface area contributed by atoms with Gasteiger partial charge < -0.3 is 20.3 Å². The second-order valence-electron chi connectivity index (χ2n) is 6.13.